The molecule has 0 radical (unpaired) electrons. The Kier molecular flexibility index (Phi) is 5.22. The molecule has 0 unspecified atom stereocenters. The number of carboxylic acid groups (broad SMARTS) is 1. The monoisotopic (exact) mass is 408 g/mol. The lowest BCUT2D eigenvalue weighted by molar-refractivity contribution is -0.141. The average molecular weight is 409 g/mol. The molecule has 0 saturated heterocycles. The molecule has 0 spiro atoms. The van der Waals surface area contributed by atoms with Crippen molar-refractivity contribution in [3.05, 3.63) is 40.2 Å². The summed E-state index contributed by atoms with van der Waals surface area (Å²) < 4.78 is 52.3. The predicted molar refractivity (Wildman–Crippen MR) is 80.5 cm³/mol. The number of aliphatic carboxylic acids is 1. The van der Waals surface area contributed by atoms with Gasteiger partial charge in [0.2, 0.25) is 5.95 Å². The van der Waals surface area contributed by atoms with Gasteiger partial charge in [-0.05, 0) is 34.1 Å². The van der Waals surface area contributed by atoms with Gasteiger partial charge < -0.3 is 15.7 Å². The van der Waals surface area contributed by atoms with Crippen molar-refractivity contribution in [2.45, 2.75) is 6.18 Å². The average Bonchev–Trinajstić information content (AvgIpc) is 2.48. The second kappa shape index (κ2) is 6.99. The highest BCUT2D eigenvalue weighted by atomic mass is 79.9. The second-order valence-electron chi connectivity index (χ2n) is 4.46. The summed E-state index contributed by atoms with van der Waals surface area (Å²) in [6.45, 7) is -0.659. The second-order valence-corrected chi connectivity index (χ2v) is 5.32. The summed E-state index contributed by atoms with van der Waals surface area (Å²) in [7, 11) is 0. The molecule has 2 aromatic rings. The van der Waals surface area contributed by atoms with Gasteiger partial charge in [0.25, 0.3) is 0 Å². The van der Waals surface area contributed by atoms with Crippen LogP contribution in [-0.2, 0) is 11.0 Å². The van der Waals surface area contributed by atoms with Gasteiger partial charge in [-0.15, -0.1) is 0 Å². The molecule has 128 valence electrons. The number of rotatable bonds is 5. The molecule has 1 heterocycles. The van der Waals surface area contributed by atoms with Crippen molar-refractivity contribution in [3.63, 3.8) is 0 Å². The minimum atomic E-state index is -4.76. The number of halogens is 5. The molecule has 1 aromatic heterocycles. The maximum absolute atomic E-state index is 13.5. The van der Waals surface area contributed by atoms with Crippen molar-refractivity contribution in [1.29, 1.82) is 0 Å². The first-order chi connectivity index (χ1) is 11.1. The van der Waals surface area contributed by atoms with E-state index in [-0.39, 0.29) is 16.0 Å². The molecule has 2 rings (SSSR count). The number of benzene rings is 1. The van der Waals surface area contributed by atoms with Crippen LogP contribution >= 0.6 is 15.9 Å². The highest BCUT2D eigenvalue weighted by Gasteiger charge is 2.33. The number of nitrogens with zero attached hydrogens (tertiary/aromatic N) is 2. The maximum Gasteiger partial charge on any atom is 0.433 e. The van der Waals surface area contributed by atoms with Gasteiger partial charge in [0.05, 0.1) is 4.47 Å². The maximum atomic E-state index is 13.5. The van der Waals surface area contributed by atoms with Gasteiger partial charge in [0.15, 0.2) is 5.69 Å². The SMILES string of the molecule is O=C(O)CNc1nc(Nc2ccc(Br)c(F)c2)cc(C(F)(F)F)n1. The van der Waals surface area contributed by atoms with E-state index in [1.807, 2.05) is 0 Å². The third kappa shape index (κ3) is 4.78. The Hall–Kier alpha value is -2.43. The van der Waals surface area contributed by atoms with E-state index in [2.05, 4.69) is 36.5 Å². The third-order valence-corrected chi connectivity index (χ3v) is 3.25. The Bertz CT molecular complexity index is 770. The molecule has 0 saturated carbocycles. The summed E-state index contributed by atoms with van der Waals surface area (Å²) in [4.78, 5) is 17.5. The summed E-state index contributed by atoms with van der Waals surface area (Å²) in [6, 6.07) is 4.48. The van der Waals surface area contributed by atoms with E-state index in [9.17, 15) is 22.4 Å². The van der Waals surface area contributed by atoms with E-state index in [1.165, 1.54) is 12.1 Å². The summed E-state index contributed by atoms with van der Waals surface area (Å²) in [5.74, 6) is -2.70. The molecule has 0 bridgehead atoms. The number of hydrogen-bond donors (Lipinski definition) is 3. The van der Waals surface area contributed by atoms with Crippen molar-refractivity contribution in [2.75, 3.05) is 17.2 Å². The lowest BCUT2D eigenvalue weighted by atomic mass is 10.3. The van der Waals surface area contributed by atoms with E-state index in [4.69, 9.17) is 5.11 Å². The highest BCUT2D eigenvalue weighted by Crippen LogP contribution is 2.30. The third-order valence-electron chi connectivity index (χ3n) is 2.61. The molecule has 6 nitrogen and oxygen atoms in total. The molecular weight excluding hydrogens is 400 g/mol. The van der Waals surface area contributed by atoms with Gasteiger partial charge >= 0.3 is 12.1 Å². The van der Waals surface area contributed by atoms with E-state index in [1.54, 1.807) is 0 Å². The predicted octanol–water partition coefficient (Wildman–Crippen LogP) is 3.64. The van der Waals surface area contributed by atoms with Crippen LogP contribution in [0.1, 0.15) is 5.69 Å². The zero-order valence-corrected chi connectivity index (χ0v) is 13.2. The van der Waals surface area contributed by atoms with Crippen LogP contribution in [-0.4, -0.2) is 27.6 Å². The number of carboxylic acids is 1. The molecule has 3 N–H and O–H groups in total. The molecule has 1 aromatic carbocycles. The Labute approximate surface area is 141 Å². The quantitative estimate of drug-likeness (QED) is 0.654. The smallest absolute Gasteiger partial charge is 0.433 e. The molecule has 0 aliphatic heterocycles. The fraction of sp³-hybridized carbons (Fsp3) is 0.154. The normalized spacial score (nSPS) is 11.2. The number of nitrogens with one attached hydrogen (secondary N) is 2. The zero-order valence-electron chi connectivity index (χ0n) is 11.7. The van der Waals surface area contributed by atoms with Gasteiger partial charge in [-0.25, -0.2) is 9.37 Å². The van der Waals surface area contributed by atoms with Crippen molar-refractivity contribution < 1.29 is 27.5 Å². The summed E-state index contributed by atoms with van der Waals surface area (Å²) in [6.07, 6.45) is -4.76. The number of hydrogen-bond acceptors (Lipinski definition) is 5. The van der Waals surface area contributed by atoms with Crippen LogP contribution in [0.3, 0.4) is 0 Å². The van der Waals surface area contributed by atoms with Gasteiger partial charge in [-0.2, -0.15) is 18.2 Å². The van der Waals surface area contributed by atoms with Gasteiger partial charge in [0.1, 0.15) is 18.2 Å². The molecule has 0 amide bonds. The van der Waals surface area contributed by atoms with Crippen LogP contribution in [0.15, 0.2) is 28.7 Å². The standard InChI is InChI=1S/C13H9BrF4N4O2/c14-7-2-1-6(3-8(7)15)20-10-4-9(13(16,17)18)21-12(22-10)19-5-11(23)24/h1-4H,5H2,(H,23,24)(H2,19,20,21,22). The summed E-state index contributed by atoms with van der Waals surface area (Å²) in [5.41, 5.74) is -1.11. The number of alkyl halides is 3. The first kappa shape index (κ1) is 17.9. The van der Waals surface area contributed by atoms with Crippen LogP contribution in [0.2, 0.25) is 0 Å². The molecule has 0 aliphatic carbocycles. The Balaban J connectivity index is 2.34. The Morgan fingerprint density at radius 2 is 1.96 bits per heavy atom. The van der Waals surface area contributed by atoms with Crippen molar-refractivity contribution >= 4 is 39.4 Å². The highest BCUT2D eigenvalue weighted by molar-refractivity contribution is 9.10. The first-order valence-electron chi connectivity index (χ1n) is 6.29. The van der Waals surface area contributed by atoms with E-state index < -0.39 is 36.1 Å². The van der Waals surface area contributed by atoms with Crippen LogP contribution < -0.4 is 10.6 Å². The Morgan fingerprint density at radius 1 is 1.25 bits per heavy atom. The largest absolute Gasteiger partial charge is 0.480 e. The van der Waals surface area contributed by atoms with Gasteiger partial charge in [-0.1, -0.05) is 0 Å². The molecule has 0 fully saturated rings. The van der Waals surface area contributed by atoms with Crippen molar-refractivity contribution in [3.8, 4) is 0 Å². The van der Waals surface area contributed by atoms with Gasteiger partial charge in [0, 0.05) is 11.8 Å². The van der Waals surface area contributed by atoms with Crippen molar-refractivity contribution in [2.24, 2.45) is 0 Å². The summed E-state index contributed by atoms with van der Waals surface area (Å²) in [5, 5.41) is 13.2. The minimum Gasteiger partial charge on any atom is -0.480 e. The first-order valence-corrected chi connectivity index (χ1v) is 7.08. The molecule has 24 heavy (non-hydrogen) atoms. The van der Waals surface area contributed by atoms with Crippen LogP contribution in [0.5, 0.6) is 0 Å². The lowest BCUT2D eigenvalue weighted by Gasteiger charge is -2.12. The molecule has 11 heteroatoms. The molecule has 0 aliphatic rings. The zero-order chi connectivity index (χ0) is 17.9. The van der Waals surface area contributed by atoms with Crippen molar-refractivity contribution in [1.82, 2.24) is 9.97 Å². The van der Waals surface area contributed by atoms with Crippen LogP contribution in [0.25, 0.3) is 0 Å². The fourth-order valence-electron chi connectivity index (χ4n) is 1.61. The van der Waals surface area contributed by atoms with E-state index in [0.29, 0.717) is 6.07 Å². The van der Waals surface area contributed by atoms with E-state index in [0.717, 1.165) is 6.07 Å². The van der Waals surface area contributed by atoms with Crippen LogP contribution in [0, 0.1) is 5.82 Å². The fourth-order valence-corrected chi connectivity index (χ4v) is 1.86. The van der Waals surface area contributed by atoms with E-state index >= 15 is 0 Å². The lowest BCUT2D eigenvalue weighted by Crippen LogP contribution is -2.17. The topological polar surface area (TPSA) is 87.1 Å². The number of anilines is 3. The number of aromatic nitrogens is 2. The molecular formula is C13H9BrF4N4O2. The van der Waals surface area contributed by atoms with Gasteiger partial charge in [-0.3, -0.25) is 4.79 Å². The summed E-state index contributed by atoms with van der Waals surface area (Å²) >= 11 is 2.96. The Morgan fingerprint density at radius 3 is 2.54 bits per heavy atom. The molecule has 0 atom stereocenters. The minimum absolute atomic E-state index is 0.159. The van der Waals surface area contributed by atoms with Crippen LogP contribution in [0.4, 0.5) is 35.0 Å². The number of carbonyl (C=O) groups is 1.